The highest BCUT2D eigenvalue weighted by Gasteiger charge is 2.21. The molecule has 0 aromatic heterocycles. The fraction of sp³-hybridized carbons (Fsp3) is 0.562. The van der Waals surface area contributed by atoms with Crippen LogP contribution in [0.1, 0.15) is 39.0 Å². The molecule has 2 rings (SSSR count). The molecule has 1 atom stereocenters. The molecule has 1 aromatic rings. The van der Waals surface area contributed by atoms with Gasteiger partial charge in [-0.2, -0.15) is 0 Å². The van der Waals surface area contributed by atoms with Crippen LogP contribution < -0.4 is 15.8 Å². The molecule has 110 valence electrons. The highest BCUT2D eigenvalue weighted by molar-refractivity contribution is 5.93. The van der Waals surface area contributed by atoms with Gasteiger partial charge < -0.3 is 15.8 Å². The zero-order valence-corrected chi connectivity index (χ0v) is 12.3. The Labute approximate surface area is 120 Å². The number of carbonyl (C=O) groups excluding carboxylic acids is 1. The average molecular weight is 276 g/mol. The van der Waals surface area contributed by atoms with Crippen molar-refractivity contribution in [1.82, 2.24) is 0 Å². The standard InChI is InChI=1S/C16H24N2O2/c1-11(9-12-5-3-4-6-12)16(19)18-13-7-8-15(20-2)14(17)10-13/h7-8,10-12H,3-6,9,17H2,1-2H3,(H,18,19). The lowest BCUT2D eigenvalue weighted by atomic mass is 9.94. The summed E-state index contributed by atoms with van der Waals surface area (Å²) in [6.07, 6.45) is 6.15. The van der Waals surface area contributed by atoms with E-state index >= 15 is 0 Å². The molecular weight excluding hydrogens is 252 g/mol. The highest BCUT2D eigenvalue weighted by atomic mass is 16.5. The largest absolute Gasteiger partial charge is 0.495 e. The first kappa shape index (κ1) is 14.7. The molecule has 1 saturated carbocycles. The number of nitrogens with two attached hydrogens (primary N) is 1. The maximum Gasteiger partial charge on any atom is 0.227 e. The third-order valence-corrected chi connectivity index (χ3v) is 4.11. The summed E-state index contributed by atoms with van der Waals surface area (Å²) in [6.45, 7) is 2.00. The summed E-state index contributed by atoms with van der Waals surface area (Å²) in [6, 6.07) is 5.32. The van der Waals surface area contributed by atoms with Crippen molar-refractivity contribution in [1.29, 1.82) is 0 Å². The van der Waals surface area contributed by atoms with E-state index in [0.29, 0.717) is 11.4 Å². The maximum atomic E-state index is 12.2. The molecule has 4 heteroatoms. The molecule has 1 aliphatic rings. The number of benzene rings is 1. The molecule has 1 amide bonds. The molecule has 0 bridgehead atoms. The minimum atomic E-state index is 0.0430. The van der Waals surface area contributed by atoms with E-state index in [4.69, 9.17) is 10.5 Å². The van der Waals surface area contributed by atoms with Gasteiger partial charge in [-0.15, -0.1) is 0 Å². The van der Waals surface area contributed by atoms with Gasteiger partial charge in [-0.05, 0) is 30.5 Å². The Bertz CT molecular complexity index is 468. The predicted octanol–water partition coefficient (Wildman–Crippen LogP) is 3.43. The van der Waals surface area contributed by atoms with Crippen LogP contribution in [-0.4, -0.2) is 13.0 Å². The molecule has 3 N–H and O–H groups in total. The van der Waals surface area contributed by atoms with Crippen molar-refractivity contribution in [3.63, 3.8) is 0 Å². The molecule has 0 saturated heterocycles. The number of hydrogen-bond donors (Lipinski definition) is 2. The van der Waals surface area contributed by atoms with Crippen molar-refractivity contribution >= 4 is 17.3 Å². The lowest BCUT2D eigenvalue weighted by molar-refractivity contribution is -0.119. The first-order chi connectivity index (χ1) is 9.60. The Morgan fingerprint density at radius 3 is 2.75 bits per heavy atom. The van der Waals surface area contributed by atoms with E-state index < -0.39 is 0 Å². The predicted molar refractivity (Wildman–Crippen MR) is 81.8 cm³/mol. The summed E-state index contributed by atoms with van der Waals surface area (Å²) in [5, 5.41) is 2.93. The summed E-state index contributed by atoms with van der Waals surface area (Å²) in [4.78, 5) is 12.2. The third-order valence-electron chi connectivity index (χ3n) is 4.11. The smallest absolute Gasteiger partial charge is 0.227 e. The second-order valence-corrected chi connectivity index (χ2v) is 5.73. The molecular formula is C16H24N2O2. The average Bonchev–Trinajstić information content (AvgIpc) is 2.91. The van der Waals surface area contributed by atoms with Gasteiger partial charge in [0.15, 0.2) is 0 Å². The SMILES string of the molecule is COc1ccc(NC(=O)C(C)CC2CCCC2)cc1N. The second-order valence-electron chi connectivity index (χ2n) is 5.73. The molecule has 0 radical (unpaired) electrons. The van der Waals surface area contributed by atoms with Gasteiger partial charge >= 0.3 is 0 Å². The van der Waals surface area contributed by atoms with Crippen LogP contribution in [0.25, 0.3) is 0 Å². The lowest BCUT2D eigenvalue weighted by Gasteiger charge is -2.16. The number of ether oxygens (including phenoxy) is 1. The number of methoxy groups -OCH3 is 1. The van der Waals surface area contributed by atoms with Gasteiger partial charge in [0.1, 0.15) is 5.75 Å². The highest BCUT2D eigenvalue weighted by Crippen LogP contribution is 2.31. The maximum absolute atomic E-state index is 12.2. The monoisotopic (exact) mass is 276 g/mol. The van der Waals surface area contributed by atoms with Crippen molar-refractivity contribution in [3.8, 4) is 5.75 Å². The fourth-order valence-electron chi connectivity index (χ4n) is 2.93. The summed E-state index contributed by atoms with van der Waals surface area (Å²) >= 11 is 0. The number of amides is 1. The Balaban J connectivity index is 1.91. The molecule has 0 spiro atoms. The minimum absolute atomic E-state index is 0.0430. The number of anilines is 2. The molecule has 0 aliphatic heterocycles. The Hall–Kier alpha value is -1.71. The zero-order valence-electron chi connectivity index (χ0n) is 12.3. The minimum Gasteiger partial charge on any atom is -0.495 e. The molecule has 1 aliphatic carbocycles. The first-order valence-corrected chi connectivity index (χ1v) is 7.34. The first-order valence-electron chi connectivity index (χ1n) is 7.34. The van der Waals surface area contributed by atoms with Crippen molar-refractivity contribution in [3.05, 3.63) is 18.2 Å². The third kappa shape index (κ3) is 3.65. The van der Waals surface area contributed by atoms with Crippen LogP contribution in [0.2, 0.25) is 0 Å². The van der Waals surface area contributed by atoms with Gasteiger partial charge in [-0.3, -0.25) is 4.79 Å². The summed E-state index contributed by atoms with van der Waals surface area (Å²) in [5.41, 5.74) is 7.10. The lowest BCUT2D eigenvalue weighted by Crippen LogP contribution is -2.22. The van der Waals surface area contributed by atoms with E-state index in [1.807, 2.05) is 13.0 Å². The van der Waals surface area contributed by atoms with E-state index in [1.54, 1.807) is 19.2 Å². The van der Waals surface area contributed by atoms with Gasteiger partial charge in [0, 0.05) is 11.6 Å². The number of nitrogens with one attached hydrogen (secondary N) is 1. The van der Waals surface area contributed by atoms with E-state index in [-0.39, 0.29) is 11.8 Å². The van der Waals surface area contributed by atoms with E-state index in [9.17, 15) is 4.79 Å². The van der Waals surface area contributed by atoms with E-state index in [0.717, 1.165) is 18.0 Å². The van der Waals surface area contributed by atoms with Crippen molar-refractivity contribution in [2.45, 2.75) is 39.0 Å². The van der Waals surface area contributed by atoms with Crippen LogP contribution in [0.15, 0.2) is 18.2 Å². The number of carbonyl (C=O) groups is 1. The molecule has 1 fully saturated rings. The van der Waals surface area contributed by atoms with Crippen LogP contribution in [0.3, 0.4) is 0 Å². The van der Waals surface area contributed by atoms with Crippen LogP contribution in [0, 0.1) is 11.8 Å². The van der Waals surface area contributed by atoms with Crippen molar-refractivity contribution in [2.24, 2.45) is 11.8 Å². The summed E-state index contributed by atoms with van der Waals surface area (Å²) in [7, 11) is 1.58. The second kappa shape index (κ2) is 6.64. The van der Waals surface area contributed by atoms with Crippen molar-refractivity contribution in [2.75, 3.05) is 18.2 Å². The van der Waals surface area contributed by atoms with Gasteiger partial charge in [-0.25, -0.2) is 0 Å². The van der Waals surface area contributed by atoms with Gasteiger partial charge in [0.2, 0.25) is 5.91 Å². The van der Waals surface area contributed by atoms with Crippen LogP contribution in [0.4, 0.5) is 11.4 Å². The van der Waals surface area contributed by atoms with Crippen LogP contribution in [0.5, 0.6) is 5.75 Å². The molecule has 20 heavy (non-hydrogen) atoms. The Morgan fingerprint density at radius 1 is 1.45 bits per heavy atom. The number of rotatable bonds is 5. The Morgan fingerprint density at radius 2 is 2.15 bits per heavy atom. The molecule has 1 aromatic carbocycles. The zero-order chi connectivity index (χ0) is 14.5. The normalized spacial score (nSPS) is 16.9. The van der Waals surface area contributed by atoms with E-state index in [1.165, 1.54) is 25.7 Å². The van der Waals surface area contributed by atoms with Crippen LogP contribution in [-0.2, 0) is 4.79 Å². The molecule has 1 unspecified atom stereocenters. The fourth-order valence-corrected chi connectivity index (χ4v) is 2.93. The topological polar surface area (TPSA) is 64.3 Å². The number of hydrogen-bond acceptors (Lipinski definition) is 3. The van der Waals surface area contributed by atoms with Crippen molar-refractivity contribution < 1.29 is 9.53 Å². The van der Waals surface area contributed by atoms with Gasteiger partial charge in [0.25, 0.3) is 0 Å². The Kier molecular flexibility index (Phi) is 4.88. The number of nitrogen functional groups attached to an aromatic ring is 1. The molecule has 4 nitrogen and oxygen atoms in total. The van der Waals surface area contributed by atoms with Gasteiger partial charge in [-0.1, -0.05) is 32.6 Å². The van der Waals surface area contributed by atoms with Gasteiger partial charge in [0.05, 0.1) is 12.8 Å². The quantitative estimate of drug-likeness (QED) is 0.810. The summed E-state index contributed by atoms with van der Waals surface area (Å²) < 4.78 is 5.10. The van der Waals surface area contributed by atoms with Crippen LogP contribution >= 0.6 is 0 Å². The van der Waals surface area contributed by atoms with E-state index in [2.05, 4.69) is 5.32 Å². The summed E-state index contributed by atoms with van der Waals surface area (Å²) in [5.74, 6) is 1.46. The molecule has 0 heterocycles.